The molecule has 0 saturated carbocycles. The summed E-state index contributed by atoms with van der Waals surface area (Å²) in [6.45, 7) is 1.12. The number of amides is 1. The van der Waals surface area contributed by atoms with E-state index >= 15 is 0 Å². The van der Waals surface area contributed by atoms with Crippen LogP contribution in [0.4, 0.5) is 14.5 Å². The van der Waals surface area contributed by atoms with Crippen molar-refractivity contribution in [3.63, 3.8) is 0 Å². The molecule has 21 heavy (non-hydrogen) atoms. The van der Waals surface area contributed by atoms with E-state index in [0.29, 0.717) is 6.42 Å². The summed E-state index contributed by atoms with van der Waals surface area (Å²) in [4.78, 5) is 14.0. The Hall–Kier alpha value is -1.53. The fraction of sp³-hybridized carbons (Fsp3) is 0.533. The predicted molar refractivity (Wildman–Crippen MR) is 75.9 cm³/mol. The number of carbonyl (C=O) groups excluding carboxylic acids is 1. The van der Waals surface area contributed by atoms with Crippen LogP contribution >= 0.6 is 0 Å². The lowest BCUT2D eigenvalue weighted by atomic mass is 10.00. The van der Waals surface area contributed by atoms with Crippen LogP contribution in [0.2, 0.25) is 0 Å². The Kier molecular flexibility index (Phi) is 5.64. The molecule has 0 radical (unpaired) electrons. The number of hydrogen-bond donors (Lipinski definition) is 2. The maximum atomic E-state index is 13.1. The van der Waals surface area contributed by atoms with E-state index < -0.39 is 11.6 Å². The zero-order valence-electron chi connectivity index (χ0n) is 11.8. The Bertz CT molecular complexity index is 495. The molecular weight excluding hydrogens is 278 g/mol. The summed E-state index contributed by atoms with van der Waals surface area (Å²) >= 11 is 0. The van der Waals surface area contributed by atoms with Crippen molar-refractivity contribution in [3.8, 4) is 0 Å². The van der Waals surface area contributed by atoms with Gasteiger partial charge in [-0.3, -0.25) is 9.69 Å². The van der Waals surface area contributed by atoms with Crippen LogP contribution in [0.5, 0.6) is 0 Å². The van der Waals surface area contributed by atoms with E-state index in [1.165, 1.54) is 6.07 Å². The number of aliphatic hydroxyl groups is 1. The van der Waals surface area contributed by atoms with Crippen LogP contribution in [0.1, 0.15) is 25.7 Å². The number of carbonyl (C=O) groups is 1. The molecule has 1 aliphatic rings. The second-order valence-corrected chi connectivity index (χ2v) is 5.31. The van der Waals surface area contributed by atoms with Gasteiger partial charge in [0.25, 0.3) is 0 Å². The minimum absolute atomic E-state index is 0.103. The van der Waals surface area contributed by atoms with Crippen molar-refractivity contribution in [1.29, 1.82) is 0 Å². The van der Waals surface area contributed by atoms with Gasteiger partial charge in [-0.05, 0) is 37.9 Å². The molecule has 0 aromatic heterocycles. The topological polar surface area (TPSA) is 52.6 Å². The number of benzene rings is 1. The highest BCUT2D eigenvalue weighted by Gasteiger charge is 2.23. The van der Waals surface area contributed by atoms with Crippen LogP contribution in [0, 0.1) is 11.6 Å². The molecule has 1 atom stereocenters. The number of nitrogens with one attached hydrogen (secondary N) is 1. The summed E-state index contributed by atoms with van der Waals surface area (Å²) in [5, 5.41) is 11.6. The van der Waals surface area contributed by atoms with Gasteiger partial charge in [0.15, 0.2) is 11.6 Å². The van der Waals surface area contributed by atoms with E-state index in [1.807, 2.05) is 4.90 Å². The first-order valence-electron chi connectivity index (χ1n) is 7.20. The summed E-state index contributed by atoms with van der Waals surface area (Å²) in [6, 6.07) is 3.49. The number of nitrogens with zero attached hydrogens (tertiary/aromatic N) is 1. The van der Waals surface area contributed by atoms with E-state index in [2.05, 4.69) is 5.32 Å². The maximum absolute atomic E-state index is 13.1. The second kappa shape index (κ2) is 7.47. The van der Waals surface area contributed by atoms with Crippen LogP contribution in [0.15, 0.2) is 18.2 Å². The number of piperidine rings is 1. The van der Waals surface area contributed by atoms with Crippen molar-refractivity contribution in [2.75, 3.05) is 25.0 Å². The molecule has 1 unspecified atom stereocenters. The summed E-state index contributed by atoms with van der Waals surface area (Å²) in [7, 11) is 0. The summed E-state index contributed by atoms with van der Waals surface area (Å²) in [5.41, 5.74) is 0.245. The molecule has 6 heteroatoms. The number of anilines is 1. The van der Waals surface area contributed by atoms with Gasteiger partial charge >= 0.3 is 0 Å². The predicted octanol–water partition coefficient (Wildman–Crippen LogP) is 2.14. The fourth-order valence-electron chi connectivity index (χ4n) is 2.70. The largest absolute Gasteiger partial charge is 0.396 e. The van der Waals surface area contributed by atoms with Crippen molar-refractivity contribution in [3.05, 3.63) is 29.8 Å². The van der Waals surface area contributed by atoms with Crippen molar-refractivity contribution in [2.24, 2.45) is 0 Å². The van der Waals surface area contributed by atoms with Gasteiger partial charge in [-0.25, -0.2) is 8.78 Å². The highest BCUT2D eigenvalue weighted by atomic mass is 19.2. The van der Waals surface area contributed by atoms with Crippen LogP contribution in [0.25, 0.3) is 0 Å². The van der Waals surface area contributed by atoms with Crippen molar-refractivity contribution >= 4 is 11.6 Å². The van der Waals surface area contributed by atoms with Crippen molar-refractivity contribution < 1.29 is 18.7 Å². The second-order valence-electron chi connectivity index (χ2n) is 5.31. The van der Waals surface area contributed by atoms with Gasteiger partial charge in [0, 0.05) is 24.4 Å². The van der Waals surface area contributed by atoms with Gasteiger partial charge in [-0.2, -0.15) is 0 Å². The third-order valence-corrected chi connectivity index (χ3v) is 3.76. The minimum atomic E-state index is -0.982. The minimum Gasteiger partial charge on any atom is -0.396 e. The van der Waals surface area contributed by atoms with Crippen LogP contribution in [0.3, 0.4) is 0 Å². The average Bonchev–Trinajstić information content (AvgIpc) is 2.45. The molecule has 1 fully saturated rings. The van der Waals surface area contributed by atoms with E-state index in [-0.39, 0.29) is 30.8 Å². The molecule has 1 aromatic carbocycles. The third-order valence-electron chi connectivity index (χ3n) is 3.76. The Morgan fingerprint density at radius 3 is 2.86 bits per heavy atom. The molecule has 1 heterocycles. The molecule has 116 valence electrons. The van der Waals surface area contributed by atoms with Gasteiger partial charge in [-0.15, -0.1) is 0 Å². The number of hydrogen-bond acceptors (Lipinski definition) is 3. The van der Waals surface area contributed by atoms with Crippen molar-refractivity contribution in [2.45, 2.75) is 31.7 Å². The number of halogens is 2. The van der Waals surface area contributed by atoms with Gasteiger partial charge in [0.1, 0.15) is 0 Å². The molecule has 2 rings (SSSR count). The number of aliphatic hydroxyl groups excluding tert-OH is 1. The third kappa shape index (κ3) is 4.47. The Balaban J connectivity index is 1.92. The summed E-state index contributed by atoms with van der Waals surface area (Å²) < 4.78 is 25.9. The molecule has 1 saturated heterocycles. The molecular formula is C15H20F2N2O2. The van der Waals surface area contributed by atoms with E-state index in [1.54, 1.807) is 0 Å². The molecule has 1 amide bonds. The highest BCUT2D eigenvalue weighted by Crippen LogP contribution is 2.19. The van der Waals surface area contributed by atoms with Crippen LogP contribution < -0.4 is 5.32 Å². The molecule has 1 aliphatic heterocycles. The quantitative estimate of drug-likeness (QED) is 0.875. The van der Waals surface area contributed by atoms with Crippen LogP contribution in [-0.4, -0.2) is 41.7 Å². The van der Waals surface area contributed by atoms with Gasteiger partial charge in [0.05, 0.1) is 6.54 Å². The lowest BCUT2D eigenvalue weighted by Gasteiger charge is -2.34. The van der Waals surface area contributed by atoms with Crippen molar-refractivity contribution in [1.82, 2.24) is 4.90 Å². The molecule has 2 N–H and O–H groups in total. The molecule has 0 aliphatic carbocycles. The number of rotatable bonds is 5. The molecule has 0 spiro atoms. The maximum Gasteiger partial charge on any atom is 0.238 e. The monoisotopic (exact) mass is 298 g/mol. The molecule has 1 aromatic rings. The first kappa shape index (κ1) is 15.9. The summed E-state index contributed by atoms with van der Waals surface area (Å²) in [6.07, 6.45) is 3.75. The molecule has 0 bridgehead atoms. The number of likely N-dealkylation sites (tertiary alicyclic amines) is 1. The van der Waals surface area contributed by atoms with Gasteiger partial charge < -0.3 is 10.4 Å². The van der Waals surface area contributed by atoms with E-state index in [4.69, 9.17) is 5.11 Å². The first-order chi connectivity index (χ1) is 10.1. The Labute approximate surface area is 122 Å². The smallest absolute Gasteiger partial charge is 0.238 e. The van der Waals surface area contributed by atoms with E-state index in [0.717, 1.165) is 37.9 Å². The summed E-state index contributed by atoms with van der Waals surface area (Å²) in [5.74, 6) is -2.18. The highest BCUT2D eigenvalue weighted by molar-refractivity contribution is 5.92. The lowest BCUT2D eigenvalue weighted by molar-refractivity contribution is -0.118. The standard InChI is InChI=1S/C15H20F2N2O2/c16-13-5-4-11(9-14(13)17)18-15(21)10-19-7-2-1-3-12(19)6-8-20/h4-5,9,12,20H,1-3,6-8,10H2,(H,18,21). The first-order valence-corrected chi connectivity index (χ1v) is 7.20. The Morgan fingerprint density at radius 1 is 1.33 bits per heavy atom. The Morgan fingerprint density at radius 2 is 2.14 bits per heavy atom. The van der Waals surface area contributed by atoms with E-state index in [9.17, 15) is 13.6 Å². The zero-order chi connectivity index (χ0) is 15.2. The SMILES string of the molecule is O=C(CN1CCCCC1CCO)Nc1ccc(F)c(F)c1. The van der Waals surface area contributed by atoms with Gasteiger partial charge in [-0.1, -0.05) is 6.42 Å². The average molecular weight is 298 g/mol. The lowest BCUT2D eigenvalue weighted by Crippen LogP contribution is -2.44. The molecule has 4 nitrogen and oxygen atoms in total. The van der Waals surface area contributed by atoms with Crippen LogP contribution in [-0.2, 0) is 4.79 Å². The van der Waals surface area contributed by atoms with Gasteiger partial charge in [0.2, 0.25) is 5.91 Å². The zero-order valence-corrected chi connectivity index (χ0v) is 11.8. The normalized spacial score (nSPS) is 19.5. The fourth-order valence-corrected chi connectivity index (χ4v) is 2.70.